The zero-order chi connectivity index (χ0) is 8.55. The maximum absolute atomic E-state index is 5.99. The van der Waals surface area contributed by atoms with Crippen molar-refractivity contribution < 1.29 is 0 Å². The maximum atomic E-state index is 5.99. The molecule has 1 aliphatic heterocycles. The third-order valence-corrected chi connectivity index (χ3v) is 2.84. The lowest BCUT2D eigenvalue weighted by Gasteiger charge is -1.87. The summed E-state index contributed by atoms with van der Waals surface area (Å²) in [5, 5.41) is 0.682. The van der Waals surface area contributed by atoms with Crippen LogP contribution >= 0.6 is 27.5 Å². The summed E-state index contributed by atoms with van der Waals surface area (Å²) >= 11 is 9.27. The Morgan fingerprint density at radius 2 is 1.92 bits per heavy atom. The van der Waals surface area contributed by atoms with Gasteiger partial charge < -0.3 is 0 Å². The van der Waals surface area contributed by atoms with E-state index in [2.05, 4.69) is 20.9 Å². The summed E-state index contributed by atoms with van der Waals surface area (Å²) in [6, 6.07) is 9.73. The normalized spacial score (nSPS) is 10.5. The Kier molecular flexibility index (Phi) is 2.03. The van der Waals surface area contributed by atoms with Crippen LogP contribution in [0.5, 0.6) is 0 Å². The lowest BCUT2D eigenvalue weighted by molar-refractivity contribution is 1.37. The van der Waals surface area contributed by atoms with E-state index in [0.29, 0.717) is 9.63 Å². The fourth-order valence-corrected chi connectivity index (χ4v) is 1.69. The van der Waals surface area contributed by atoms with Gasteiger partial charge in [-0.1, -0.05) is 35.9 Å². The van der Waals surface area contributed by atoms with Crippen molar-refractivity contribution >= 4 is 27.5 Å². The Hall–Kier alpha value is -0.600. The van der Waals surface area contributed by atoms with Gasteiger partial charge in [0, 0.05) is 5.56 Å². The van der Waals surface area contributed by atoms with Gasteiger partial charge in [-0.15, -0.1) is 0 Å². The first-order chi connectivity index (χ1) is 5.79. The van der Waals surface area contributed by atoms with Crippen LogP contribution in [0, 0.1) is 0 Å². The molecule has 1 heterocycles. The zero-order valence-electron chi connectivity index (χ0n) is 6.09. The third kappa shape index (κ3) is 1.21. The van der Waals surface area contributed by atoms with Crippen molar-refractivity contribution in [2.45, 2.75) is 0 Å². The van der Waals surface area contributed by atoms with Crippen molar-refractivity contribution in [2.75, 3.05) is 0 Å². The molecular weight excluding hydrogens is 237 g/mol. The quantitative estimate of drug-likeness (QED) is 0.688. The molecule has 0 aromatic rings. The van der Waals surface area contributed by atoms with Crippen LogP contribution in [0.1, 0.15) is 0 Å². The van der Waals surface area contributed by atoms with Gasteiger partial charge in [0.15, 0.2) is 0 Å². The maximum Gasteiger partial charge on any atom is 0.126 e. The van der Waals surface area contributed by atoms with E-state index in [4.69, 9.17) is 11.6 Å². The summed E-state index contributed by atoms with van der Waals surface area (Å²) in [4.78, 5) is 4.24. The fourth-order valence-electron chi connectivity index (χ4n) is 1.09. The molecule has 0 unspecified atom stereocenters. The summed E-state index contributed by atoms with van der Waals surface area (Å²) in [7, 11) is 0. The van der Waals surface area contributed by atoms with Gasteiger partial charge in [-0.25, -0.2) is 4.98 Å². The summed E-state index contributed by atoms with van der Waals surface area (Å²) < 4.78 is 0.713. The minimum Gasteiger partial charge on any atom is -0.239 e. The minimum atomic E-state index is 0.682. The summed E-state index contributed by atoms with van der Waals surface area (Å²) in [5.41, 5.74) is 1.89. The average Bonchev–Trinajstić information content (AvgIpc) is 2.30. The molecule has 2 aliphatic rings. The van der Waals surface area contributed by atoms with Gasteiger partial charge in [0.05, 0.1) is 10.7 Å². The van der Waals surface area contributed by atoms with Crippen LogP contribution in [0.25, 0.3) is 11.3 Å². The topological polar surface area (TPSA) is 12.9 Å². The van der Waals surface area contributed by atoms with Crippen LogP contribution < -0.4 is 0 Å². The van der Waals surface area contributed by atoms with Crippen LogP contribution in [0.15, 0.2) is 34.9 Å². The molecule has 0 aromatic heterocycles. The molecule has 0 amide bonds. The van der Waals surface area contributed by atoms with Crippen molar-refractivity contribution in [2.24, 2.45) is 0 Å². The van der Waals surface area contributed by atoms with E-state index in [1.54, 1.807) is 0 Å². The van der Waals surface area contributed by atoms with E-state index in [1.165, 1.54) is 0 Å². The Balaban J connectivity index is 2.79. The molecule has 0 aromatic carbocycles. The number of hydrogen-bond donors (Lipinski definition) is 0. The second-order valence-electron chi connectivity index (χ2n) is 2.43. The molecule has 0 N–H and O–H groups in total. The highest BCUT2D eigenvalue weighted by atomic mass is 79.9. The third-order valence-electron chi connectivity index (χ3n) is 1.65. The molecule has 0 bridgehead atoms. The summed E-state index contributed by atoms with van der Waals surface area (Å²) in [6.07, 6.45) is 0. The lowest BCUT2D eigenvalue weighted by Crippen LogP contribution is -1.66. The highest BCUT2D eigenvalue weighted by Crippen LogP contribution is 2.34. The number of aromatic nitrogens is 1. The highest BCUT2D eigenvalue weighted by molar-refractivity contribution is 9.10. The number of nitrogens with zero attached hydrogens (tertiary/aromatic N) is 1. The van der Waals surface area contributed by atoms with Crippen molar-refractivity contribution in [1.82, 2.24) is 4.98 Å². The highest BCUT2D eigenvalue weighted by Gasteiger charge is 2.11. The van der Waals surface area contributed by atoms with Crippen LogP contribution in [-0.4, -0.2) is 4.98 Å². The number of hydrogen-bond acceptors (Lipinski definition) is 1. The zero-order valence-corrected chi connectivity index (χ0v) is 8.43. The van der Waals surface area contributed by atoms with E-state index in [9.17, 15) is 0 Å². The van der Waals surface area contributed by atoms with Crippen molar-refractivity contribution in [1.29, 1.82) is 0 Å². The molecule has 2 rings (SSSR count). The van der Waals surface area contributed by atoms with E-state index >= 15 is 0 Å². The van der Waals surface area contributed by atoms with Gasteiger partial charge in [0.1, 0.15) is 4.60 Å². The van der Waals surface area contributed by atoms with Crippen molar-refractivity contribution in [3.05, 3.63) is 40.0 Å². The predicted molar refractivity (Wildman–Crippen MR) is 53.6 cm³/mol. The lowest BCUT2D eigenvalue weighted by atomic mass is 10.2. The smallest absolute Gasteiger partial charge is 0.126 e. The molecule has 0 saturated heterocycles. The molecule has 0 radical (unpaired) electrons. The van der Waals surface area contributed by atoms with Crippen molar-refractivity contribution in [3.8, 4) is 11.3 Å². The molecule has 60 valence electrons. The van der Waals surface area contributed by atoms with E-state index in [0.717, 1.165) is 11.3 Å². The van der Waals surface area contributed by atoms with Gasteiger partial charge in [0.25, 0.3) is 0 Å². The van der Waals surface area contributed by atoms with Crippen LogP contribution in [0.2, 0.25) is 5.02 Å². The van der Waals surface area contributed by atoms with Gasteiger partial charge >= 0.3 is 0 Å². The summed E-state index contributed by atoms with van der Waals surface area (Å²) in [6.45, 7) is 0. The van der Waals surface area contributed by atoms with Crippen molar-refractivity contribution in [3.63, 3.8) is 0 Å². The molecule has 0 fully saturated rings. The molecule has 0 saturated carbocycles. The first-order valence-electron chi connectivity index (χ1n) is 3.49. The van der Waals surface area contributed by atoms with Gasteiger partial charge in [-0.2, -0.15) is 0 Å². The SMILES string of the molecule is Clc1c2cccccc-2nc1Br. The first kappa shape index (κ1) is 8.02. The second-order valence-corrected chi connectivity index (χ2v) is 3.56. The van der Waals surface area contributed by atoms with Crippen LogP contribution in [0.4, 0.5) is 0 Å². The second kappa shape index (κ2) is 3.04. The van der Waals surface area contributed by atoms with Gasteiger partial charge in [-0.05, 0) is 22.0 Å². The standard InChI is InChI=1S/C9H5BrClN/c10-9-8(11)6-4-2-1-3-5-7(6)12-9/h1-5H. The van der Waals surface area contributed by atoms with E-state index in [1.807, 2.05) is 30.3 Å². The Labute approximate surface area is 83.9 Å². The monoisotopic (exact) mass is 241 g/mol. The van der Waals surface area contributed by atoms with E-state index < -0.39 is 0 Å². The molecule has 3 heteroatoms. The Bertz CT molecular complexity index is 389. The first-order valence-corrected chi connectivity index (χ1v) is 4.66. The molecular formula is C9H5BrClN. The van der Waals surface area contributed by atoms with Gasteiger partial charge in [0.2, 0.25) is 0 Å². The largest absolute Gasteiger partial charge is 0.239 e. The average molecular weight is 243 g/mol. The molecule has 0 atom stereocenters. The molecule has 1 aliphatic carbocycles. The Morgan fingerprint density at radius 3 is 2.75 bits per heavy atom. The number of halogens is 2. The predicted octanol–water partition coefficient (Wildman–Crippen LogP) is 3.60. The molecule has 0 spiro atoms. The number of fused-ring (bicyclic) bond motifs is 1. The Morgan fingerprint density at radius 1 is 1.17 bits per heavy atom. The minimum absolute atomic E-state index is 0.682. The van der Waals surface area contributed by atoms with E-state index in [-0.39, 0.29) is 0 Å². The molecule has 1 nitrogen and oxygen atoms in total. The van der Waals surface area contributed by atoms with Gasteiger partial charge in [-0.3, -0.25) is 0 Å². The fraction of sp³-hybridized carbons (Fsp3) is 0. The van der Waals surface area contributed by atoms with Crippen LogP contribution in [0.3, 0.4) is 0 Å². The molecule has 12 heavy (non-hydrogen) atoms. The number of rotatable bonds is 0. The van der Waals surface area contributed by atoms with Crippen LogP contribution in [-0.2, 0) is 0 Å². The summed E-state index contributed by atoms with van der Waals surface area (Å²) in [5.74, 6) is 0.